The summed E-state index contributed by atoms with van der Waals surface area (Å²) in [6.45, 7) is 4.48. The van der Waals surface area contributed by atoms with E-state index in [1.807, 2.05) is 49.4 Å². The third-order valence-electron chi connectivity index (χ3n) is 7.30. The first-order chi connectivity index (χ1) is 19.7. The SMILES string of the molecule is CCOc1ccc(Cc2cc(C3C=C(COCc4ccccc4)CC(OCc4ccccc4)C3)ccc2Cl)cc1. The van der Waals surface area contributed by atoms with Crippen LogP contribution in [0.3, 0.4) is 0 Å². The van der Waals surface area contributed by atoms with Gasteiger partial charge in [-0.1, -0.05) is 103 Å². The van der Waals surface area contributed by atoms with Crippen LogP contribution < -0.4 is 4.74 Å². The molecule has 4 heteroatoms. The zero-order valence-electron chi connectivity index (χ0n) is 23.1. The van der Waals surface area contributed by atoms with Crippen molar-refractivity contribution in [3.8, 4) is 5.75 Å². The summed E-state index contributed by atoms with van der Waals surface area (Å²) in [5.41, 5.74) is 7.27. The fraction of sp³-hybridized carbons (Fsp3) is 0.278. The smallest absolute Gasteiger partial charge is 0.119 e. The molecular weight excluding hydrogens is 516 g/mol. The molecule has 2 atom stereocenters. The summed E-state index contributed by atoms with van der Waals surface area (Å²) < 4.78 is 18.2. The Labute approximate surface area is 243 Å². The van der Waals surface area contributed by atoms with Gasteiger partial charge in [-0.3, -0.25) is 0 Å². The summed E-state index contributed by atoms with van der Waals surface area (Å²) in [5.74, 6) is 1.13. The van der Waals surface area contributed by atoms with Crippen LogP contribution in [-0.4, -0.2) is 19.3 Å². The molecule has 5 rings (SSSR count). The number of halogens is 1. The normalized spacial score (nSPS) is 16.9. The summed E-state index contributed by atoms with van der Waals surface area (Å²) in [4.78, 5) is 0. The van der Waals surface area contributed by atoms with Crippen LogP contribution in [0.4, 0.5) is 0 Å². The van der Waals surface area contributed by atoms with Crippen molar-refractivity contribution in [2.75, 3.05) is 13.2 Å². The van der Waals surface area contributed by atoms with Crippen molar-refractivity contribution >= 4 is 11.6 Å². The van der Waals surface area contributed by atoms with E-state index in [4.69, 9.17) is 25.8 Å². The highest BCUT2D eigenvalue weighted by atomic mass is 35.5. The molecule has 2 unspecified atom stereocenters. The van der Waals surface area contributed by atoms with Crippen LogP contribution in [-0.2, 0) is 29.1 Å². The molecule has 1 aliphatic carbocycles. The zero-order chi connectivity index (χ0) is 27.6. The summed E-state index contributed by atoms with van der Waals surface area (Å²) in [6, 6.07) is 35.5. The van der Waals surface area contributed by atoms with Gasteiger partial charge in [0.1, 0.15) is 5.75 Å². The summed E-state index contributed by atoms with van der Waals surface area (Å²) in [7, 11) is 0. The molecule has 1 aliphatic rings. The highest BCUT2D eigenvalue weighted by Crippen LogP contribution is 2.35. The first-order valence-electron chi connectivity index (χ1n) is 14.1. The van der Waals surface area contributed by atoms with E-state index in [0.717, 1.165) is 35.6 Å². The first kappa shape index (κ1) is 28.2. The largest absolute Gasteiger partial charge is 0.494 e. The monoisotopic (exact) mass is 552 g/mol. The van der Waals surface area contributed by atoms with E-state index in [1.54, 1.807) is 0 Å². The Morgan fingerprint density at radius 2 is 1.45 bits per heavy atom. The maximum Gasteiger partial charge on any atom is 0.119 e. The van der Waals surface area contributed by atoms with Crippen LogP contribution in [0.25, 0.3) is 0 Å². The molecule has 0 amide bonds. The van der Waals surface area contributed by atoms with E-state index in [2.05, 4.69) is 66.7 Å². The van der Waals surface area contributed by atoms with Gasteiger partial charge in [-0.2, -0.15) is 0 Å². The van der Waals surface area contributed by atoms with Crippen molar-refractivity contribution in [2.45, 2.75) is 51.4 Å². The number of benzene rings is 4. The van der Waals surface area contributed by atoms with E-state index in [-0.39, 0.29) is 12.0 Å². The molecule has 0 fully saturated rings. The minimum absolute atomic E-state index is 0.121. The van der Waals surface area contributed by atoms with E-state index in [0.29, 0.717) is 26.4 Å². The first-order valence-corrected chi connectivity index (χ1v) is 14.5. The fourth-order valence-electron chi connectivity index (χ4n) is 5.26. The van der Waals surface area contributed by atoms with Crippen LogP contribution in [0.1, 0.15) is 53.5 Å². The summed E-state index contributed by atoms with van der Waals surface area (Å²) >= 11 is 6.68. The third-order valence-corrected chi connectivity index (χ3v) is 7.67. The molecule has 4 aromatic carbocycles. The topological polar surface area (TPSA) is 27.7 Å². The van der Waals surface area contributed by atoms with Gasteiger partial charge < -0.3 is 14.2 Å². The van der Waals surface area contributed by atoms with Gasteiger partial charge in [0.15, 0.2) is 0 Å². The predicted molar refractivity (Wildman–Crippen MR) is 163 cm³/mol. The van der Waals surface area contributed by atoms with Crippen LogP contribution in [0.15, 0.2) is 115 Å². The lowest BCUT2D eigenvalue weighted by atomic mass is 9.83. The van der Waals surface area contributed by atoms with Gasteiger partial charge >= 0.3 is 0 Å². The molecule has 206 valence electrons. The van der Waals surface area contributed by atoms with Gasteiger partial charge in [-0.05, 0) is 77.8 Å². The lowest BCUT2D eigenvalue weighted by Crippen LogP contribution is -2.23. The fourth-order valence-corrected chi connectivity index (χ4v) is 5.44. The van der Waals surface area contributed by atoms with E-state index < -0.39 is 0 Å². The summed E-state index contributed by atoms with van der Waals surface area (Å²) in [5, 5.41) is 0.792. The molecule has 40 heavy (non-hydrogen) atoms. The van der Waals surface area contributed by atoms with Gasteiger partial charge in [0, 0.05) is 10.9 Å². The molecule has 0 saturated carbocycles. The lowest BCUT2D eigenvalue weighted by molar-refractivity contribution is 0.0252. The lowest BCUT2D eigenvalue weighted by Gasteiger charge is -2.29. The van der Waals surface area contributed by atoms with Crippen LogP contribution in [0.2, 0.25) is 5.02 Å². The molecule has 0 N–H and O–H groups in total. The molecule has 0 heterocycles. The van der Waals surface area contributed by atoms with E-state index >= 15 is 0 Å². The van der Waals surface area contributed by atoms with E-state index in [1.165, 1.54) is 27.8 Å². The van der Waals surface area contributed by atoms with Crippen molar-refractivity contribution in [3.05, 3.63) is 148 Å². The highest BCUT2D eigenvalue weighted by molar-refractivity contribution is 6.31. The van der Waals surface area contributed by atoms with Crippen molar-refractivity contribution < 1.29 is 14.2 Å². The Hall–Kier alpha value is -3.37. The van der Waals surface area contributed by atoms with Crippen molar-refractivity contribution in [1.82, 2.24) is 0 Å². The molecule has 3 nitrogen and oxygen atoms in total. The van der Waals surface area contributed by atoms with E-state index in [9.17, 15) is 0 Å². The van der Waals surface area contributed by atoms with Crippen molar-refractivity contribution in [3.63, 3.8) is 0 Å². The van der Waals surface area contributed by atoms with Gasteiger partial charge in [0.25, 0.3) is 0 Å². The Bertz CT molecular complexity index is 1370. The highest BCUT2D eigenvalue weighted by Gasteiger charge is 2.25. The Morgan fingerprint density at radius 3 is 2.15 bits per heavy atom. The third kappa shape index (κ3) is 8.08. The molecule has 0 bridgehead atoms. The molecule has 0 aliphatic heterocycles. The Kier molecular flexibility index (Phi) is 10.1. The van der Waals surface area contributed by atoms with Crippen LogP contribution >= 0.6 is 11.6 Å². The molecule has 0 spiro atoms. The molecule has 0 saturated heterocycles. The maximum atomic E-state index is 6.68. The van der Waals surface area contributed by atoms with Crippen molar-refractivity contribution in [2.24, 2.45) is 0 Å². The standard InChI is InChI=1S/C36H37ClO3/c1-2-39-34-16-13-27(14-17-34)19-33-22-31(15-18-36(33)37)32-20-30(25-38-24-28-9-5-3-6-10-28)21-35(23-32)40-26-29-11-7-4-8-12-29/h3-18,20,22,32,35H,2,19,21,23-26H2,1H3. The molecular formula is C36H37ClO3. The van der Waals surface area contributed by atoms with Crippen molar-refractivity contribution in [1.29, 1.82) is 0 Å². The van der Waals surface area contributed by atoms with Gasteiger partial charge in [-0.15, -0.1) is 0 Å². The minimum Gasteiger partial charge on any atom is -0.494 e. The zero-order valence-corrected chi connectivity index (χ0v) is 23.9. The van der Waals surface area contributed by atoms with Crippen LogP contribution in [0.5, 0.6) is 5.75 Å². The second-order valence-electron chi connectivity index (χ2n) is 10.4. The molecule has 4 aromatic rings. The minimum atomic E-state index is 0.121. The molecule has 0 radical (unpaired) electrons. The predicted octanol–water partition coefficient (Wildman–Crippen LogP) is 8.94. The number of hydrogen-bond acceptors (Lipinski definition) is 3. The number of hydrogen-bond donors (Lipinski definition) is 0. The second kappa shape index (κ2) is 14.3. The van der Waals surface area contributed by atoms with Gasteiger partial charge in [0.05, 0.1) is 32.5 Å². The number of allylic oxidation sites excluding steroid dienone is 1. The average molecular weight is 553 g/mol. The number of ether oxygens (including phenoxy) is 3. The van der Waals surface area contributed by atoms with Gasteiger partial charge in [-0.25, -0.2) is 0 Å². The molecule has 0 aromatic heterocycles. The summed E-state index contributed by atoms with van der Waals surface area (Å²) in [6.07, 6.45) is 5.09. The van der Waals surface area contributed by atoms with Gasteiger partial charge in [0.2, 0.25) is 0 Å². The quantitative estimate of drug-likeness (QED) is 0.164. The second-order valence-corrected chi connectivity index (χ2v) is 10.8. The average Bonchev–Trinajstić information content (AvgIpc) is 2.99. The Morgan fingerprint density at radius 1 is 0.750 bits per heavy atom. The number of rotatable bonds is 12. The Balaban J connectivity index is 1.31. The maximum absolute atomic E-state index is 6.68. The van der Waals surface area contributed by atoms with Crippen LogP contribution in [0, 0.1) is 0 Å².